The van der Waals surface area contributed by atoms with Crippen LogP contribution in [0.2, 0.25) is 15.1 Å². The van der Waals surface area contributed by atoms with Crippen LogP contribution in [0, 0.1) is 0 Å². The fourth-order valence-electron chi connectivity index (χ4n) is 1.40. The van der Waals surface area contributed by atoms with Gasteiger partial charge in [0.05, 0.1) is 20.6 Å². The summed E-state index contributed by atoms with van der Waals surface area (Å²) >= 11 is 17.2. The van der Waals surface area contributed by atoms with Crippen LogP contribution in [0.3, 0.4) is 0 Å². The van der Waals surface area contributed by atoms with E-state index in [0.29, 0.717) is 0 Å². The van der Waals surface area contributed by atoms with Gasteiger partial charge >= 0.3 is 6.18 Å². The third-order valence-electron chi connectivity index (χ3n) is 2.17. The van der Waals surface area contributed by atoms with Gasteiger partial charge in [0.15, 0.2) is 0 Å². The molecule has 0 aliphatic carbocycles. The van der Waals surface area contributed by atoms with Crippen molar-refractivity contribution in [3.63, 3.8) is 0 Å². The third-order valence-corrected chi connectivity index (χ3v) is 3.32. The molecule has 1 aromatic heterocycles. The Labute approximate surface area is 115 Å². The highest BCUT2D eigenvalue weighted by Gasteiger charge is 2.35. The fraction of sp³-hybridized carbons (Fsp3) is 0.100. The standard InChI is InChI=1S/C10H4Cl3F3N2/c11-6-4-5(10(14,15)16)7(12)8(13)9(6)18-3-1-2-17-18/h1-4H. The predicted molar refractivity (Wildman–Crippen MR) is 63.6 cm³/mol. The van der Waals surface area contributed by atoms with E-state index < -0.39 is 16.8 Å². The van der Waals surface area contributed by atoms with Crippen LogP contribution in [0.25, 0.3) is 5.69 Å². The number of benzene rings is 1. The van der Waals surface area contributed by atoms with Crippen LogP contribution in [0.5, 0.6) is 0 Å². The van der Waals surface area contributed by atoms with Crippen LogP contribution in [-0.2, 0) is 6.18 Å². The summed E-state index contributed by atoms with van der Waals surface area (Å²) in [5, 5.41) is 2.78. The smallest absolute Gasteiger partial charge is 0.238 e. The van der Waals surface area contributed by atoms with Crippen molar-refractivity contribution in [3.05, 3.63) is 45.2 Å². The normalized spacial score (nSPS) is 11.9. The molecule has 2 aromatic rings. The van der Waals surface area contributed by atoms with E-state index in [2.05, 4.69) is 5.10 Å². The zero-order valence-corrected chi connectivity index (χ0v) is 10.7. The van der Waals surface area contributed by atoms with Crippen LogP contribution in [0.1, 0.15) is 5.56 Å². The first-order chi connectivity index (χ1) is 8.32. The largest absolute Gasteiger partial charge is 0.417 e. The molecule has 18 heavy (non-hydrogen) atoms. The van der Waals surface area contributed by atoms with Crippen molar-refractivity contribution in [3.8, 4) is 5.69 Å². The maximum atomic E-state index is 12.7. The quantitative estimate of drug-likeness (QED) is 0.688. The number of halogens is 6. The molecule has 2 rings (SSSR count). The molecular formula is C10H4Cl3F3N2. The van der Waals surface area contributed by atoms with E-state index in [9.17, 15) is 13.2 Å². The van der Waals surface area contributed by atoms with Crippen LogP contribution in [-0.4, -0.2) is 9.78 Å². The minimum absolute atomic E-state index is 0.112. The first kappa shape index (κ1) is 13.5. The number of aromatic nitrogens is 2. The van der Waals surface area contributed by atoms with E-state index >= 15 is 0 Å². The Kier molecular flexibility index (Phi) is 3.49. The van der Waals surface area contributed by atoms with Crippen molar-refractivity contribution in [2.24, 2.45) is 0 Å². The van der Waals surface area contributed by atoms with Crippen LogP contribution in [0.4, 0.5) is 13.2 Å². The molecule has 0 saturated heterocycles. The molecule has 96 valence electrons. The van der Waals surface area contributed by atoms with Gasteiger partial charge in [0.2, 0.25) is 0 Å². The molecule has 0 aliphatic rings. The molecule has 0 radical (unpaired) electrons. The van der Waals surface area contributed by atoms with Crippen molar-refractivity contribution in [2.45, 2.75) is 6.18 Å². The summed E-state index contributed by atoms with van der Waals surface area (Å²) in [5.41, 5.74) is -0.962. The Morgan fingerprint density at radius 3 is 2.28 bits per heavy atom. The van der Waals surface area contributed by atoms with Gasteiger partial charge < -0.3 is 0 Å². The lowest BCUT2D eigenvalue weighted by Gasteiger charge is -2.14. The first-order valence-electron chi connectivity index (χ1n) is 4.57. The predicted octanol–water partition coefficient (Wildman–Crippen LogP) is 4.85. The minimum Gasteiger partial charge on any atom is -0.238 e. The van der Waals surface area contributed by atoms with Gasteiger partial charge in [0.1, 0.15) is 5.69 Å². The summed E-state index contributed by atoms with van der Waals surface area (Å²) in [7, 11) is 0. The molecule has 0 amide bonds. The lowest BCUT2D eigenvalue weighted by Crippen LogP contribution is -2.08. The first-order valence-corrected chi connectivity index (χ1v) is 5.70. The summed E-state index contributed by atoms with van der Waals surface area (Å²) in [6.07, 6.45) is -1.68. The summed E-state index contributed by atoms with van der Waals surface area (Å²) in [4.78, 5) is 0. The van der Waals surface area contributed by atoms with Crippen LogP contribution >= 0.6 is 34.8 Å². The molecule has 8 heteroatoms. The van der Waals surface area contributed by atoms with Gasteiger partial charge in [-0.1, -0.05) is 34.8 Å². The van der Waals surface area contributed by atoms with Gasteiger partial charge in [0, 0.05) is 12.4 Å². The topological polar surface area (TPSA) is 17.8 Å². The Bertz CT molecular complexity index is 579. The van der Waals surface area contributed by atoms with Crippen LogP contribution in [0.15, 0.2) is 24.5 Å². The molecule has 0 atom stereocenters. The minimum atomic E-state index is -4.62. The molecule has 0 spiro atoms. The zero-order valence-electron chi connectivity index (χ0n) is 8.47. The Morgan fingerprint density at radius 1 is 1.11 bits per heavy atom. The van der Waals surface area contributed by atoms with E-state index in [1.165, 1.54) is 17.1 Å². The number of alkyl halides is 3. The summed E-state index contributed by atoms with van der Waals surface area (Å²) in [6.45, 7) is 0. The number of rotatable bonds is 1. The van der Waals surface area contributed by atoms with E-state index in [1.807, 2.05) is 0 Å². The van der Waals surface area contributed by atoms with Crippen molar-refractivity contribution in [1.82, 2.24) is 9.78 Å². The average molecular weight is 316 g/mol. The molecule has 0 aliphatic heterocycles. The molecule has 0 fully saturated rings. The maximum absolute atomic E-state index is 12.7. The molecule has 0 N–H and O–H groups in total. The van der Waals surface area contributed by atoms with E-state index in [-0.39, 0.29) is 15.7 Å². The zero-order chi connectivity index (χ0) is 13.5. The highest BCUT2D eigenvalue weighted by Crippen LogP contribution is 2.43. The highest BCUT2D eigenvalue weighted by atomic mass is 35.5. The van der Waals surface area contributed by atoms with Crippen molar-refractivity contribution in [1.29, 1.82) is 0 Å². The second-order valence-corrected chi connectivity index (χ2v) is 4.49. The second kappa shape index (κ2) is 4.64. The van der Waals surface area contributed by atoms with Crippen molar-refractivity contribution < 1.29 is 13.2 Å². The summed E-state index contributed by atoms with van der Waals surface area (Å²) < 4.78 is 39.2. The van der Waals surface area contributed by atoms with Gasteiger partial charge in [-0.05, 0) is 12.1 Å². The molecule has 1 aromatic carbocycles. The average Bonchev–Trinajstić information content (AvgIpc) is 2.75. The Hall–Kier alpha value is -0.910. The van der Waals surface area contributed by atoms with Crippen molar-refractivity contribution in [2.75, 3.05) is 0 Å². The van der Waals surface area contributed by atoms with Crippen molar-refractivity contribution >= 4 is 34.8 Å². The number of hydrogen-bond acceptors (Lipinski definition) is 1. The lowest BCUT2D eigenvalue weighted by molar-refractivity contribution is -0.137. The van der Waals surface area contributed by atoms with E-state index in [4.69, 9.17) is 34.8 Å². The monoisotopic (exact) mass is 314 g/mol. The maximum Gasteiger partial charge on any atom is 0.417 e. The molecule has 0 unspecified atom stereocenters. The molecule has 1 heterocycles. The van der Waals surface area contributed by atoms with Gasteiger partial charge in [-0.15, -0.1) is 0 Å². The third kappa shape index (κ3) is 2.30. The molecular weight excluding hydrogens is 311 g/mol. The second-order valence-electron chi connectivity index (χ2n) is 3.33. The van der Waals surface area contributed by atoms with E-state index in [1.54, 1.807) is 6.07 Å². The lowest BCUT2D eigenvalue weighted by atomic mass is 10.2. The SMILES string of the molecule is FC(F)(F)c1cc(Cl)c(-n2cccn2)c(Cl)c1Cl. The van der Waals surface area contributed by atoms with Gasteiger partial charge in [0.25, 0.3) is 0 Å². The Balaban J connectivity index is 2.70. The number of hydrogen-bond donors (Lipinski definition) is 0. The summed E-state index contributed by atoms with van der Waals surface area (Å²) in [6, 6.07) is 2.31. The molecule has 2 nitrogen and oxygen atoms in total. The highest BCUT2D eigenvalue weighted by molar-refractivity contribution is 6.45. The van der Waals surface area contributed by atoms with Gasteiger partial charge in [-0.25, -0.2) is 4.68 Å². The Morgan fingerprint density at radius 2 is 1.78 bits per heavy atom. The fourth-order valence-corrected chi connectivity index (χ4v) is 2.28. The molecule has 0 saturated carbocycles. The van der Waals surface area contributed by atoms with Crippen LogP contribution < -0.4 is 0 Å². The van der Waals surface area contributed by atoms with Gasteiger partial charge in [-0.2, -0.15) is 18.3 Å². The number of nitrogens with zero attached hydrogens (tertiary/aromatic N) is 2. The summed E-state index contributed by atoms with van der Waals surface area (Å²) in [5.74, 6) is 0. The van der Waals surface area contributed by atoms with Gasteiger partial charge in [-0.3, -0.25) is 0 Å². The molecule has 0 bridgehead atoms. The van der Waals surface area contributed by atoms with E-state index in [0.717, 1.165) is 6.07 Å².